The lowest BCUT2D eigenvalue weighted by Gasteiger charge is -2.26. The molecule has 4 heterocycles. The molecule has 2 aliphatic heterocycles. The van der Waals surface area contributed by atoms with Gasteiger partial charge in [0.05, 0.1) is 25.0 Å². The van der Waals surface area contributed by atoms with Crippen molar-refractivity contribution >= 4 is 5.91 Å². The van der Waals surface area contributed by atoms with E-state index in [4.69, 9.17) is 13.6 Å². The van der Waals surface area contributed by atoms with E-state index in [0.717, 1.165) is 25.9 Å². The van der Waals surface area contributed by atoms with Crippen molar-refractivity contribution in [2.75, 3.05) is 26.7 Å². The molecule has 4 rings (SSSR count). The molecule has 0 saturated carbocycles. The molecule has 25 heavy (non-hydrogen) atoms. The van der Waals surface area contributed by atoms with Crippen LogP contribution < -0.4 is 0 Å². The summed E-state index contributed by atoms with van der Waals surface area (Å²) in [6, 6.07) is 3.35. The SMILES string of the molecule is CO[C@H]1C[C@@H](C(=O)N2CCCC2)N(Cc2nnc(-c3ccco3)o2)C1. The fourth-order valence-electron chi connectivity index (χ4n) is 3.60. The van der Waals surface area contributed by atoms with Gasteiger partial charge < -0.3 is 18.5 Å². The lowest BCUT2D eigenvalue weighted by molar-refractivity contribution is -0.135. The minimum Gasteiger partial charge on any atom is -0.459 e. The van der Waals surface area contributed by atoms with Crippen molar-refractivity contribution in [1.82, 2.24) is 20.0 Å². The van der Waals surface area contributed by atoms with E-state index in [0.29, 0.717) is 37.1 Å². The zero-order chi connectivity index (χ0) is 17.2. The van der Waals surface area contributed by atoms with Crippen molar-refractivity contribution in [2.24, 2.45) is 0 Å². The summed E-state index contributed by atoms with van der Waals surface area (Å²) in [5.41, 5.74) is 0. The van der Waals surface area contributed by atoms with Gasteiger partial charge in [-0.2, -0.15) is 0 Å². The second-order valence-corrected chi connectivity index (χ2v) is 6.55. The topological polar surface area (TPSA) is 84.8 Å². The molecule has 2 saturated heterocycles. The molecule has 0 bridgehead atoms. The standard InChI is InChI=1S/C17H22N4O4/c1-23-12-9-13(17(22)20-6-2-3-7-20)21(10-12)11-15-18-19-16(25-15)14-5-4-8-24-14/h4-5,8,12-13H,2-3,6-7,9-11H2,1H3/t12-,13-/m0/s1. The van der Waals surface area contributed by atoms with Crippen LogP contribution in [0.15, 0.2) is 27.2 Å². The van der Waals surface area contributed by atoms with Crippen LogP contribution in [0.4, 0.5) is 0 Å². The predicted molar refractivity (Wildman–Crippen MR) is 87.4 cm³/mol. The fraction of sp³-hybridized carbons (Fsp3) is 0.588. The van der Waals surface area contributed by atoms with Crippen LogP contribution in [0.25, 0.3) is 11.7 Å². The number of nitrogens with zero attached hydrogens (tertiary/aromatic N) is 4. The van der Waals surface area contributed by atoms with Crippen LogP contribution >= 0.6 is 0 Å². The van der Waals surface area contributed by atoms with Crippen LogP contribution in [0.5, 0.6) is 0 Å². The second-order valence-electron chi connectivity index (χ2n) is 6.55. The molecule has 0 spiro atoms. The van der Waals surface area contributed by atoms with E-state index in [-0.39, 0.29) is 18.1 Å². The maximum Gasteiger partial charge on any atom is 0.283 e. The highest BCUT2D eigenvalue weighted by atomic mass is 16.5. The number of hydrogen-bond donors (Lipinski definition) is 0. The van der Waals surface area contributed by atoms with Crippen LogP contribution in [-0.2, 0) is 16.1 Å². The third kappa shape index (κ3) is 3.32. The molecule has 1 amide bonds. The quantitative estimate of drug-likeness (QED) is 0.812. The Hall–Kier alpha value is -2.19. The van der Waals surface area contributed by atoms with Crippen molar-refractivity contribution in [2.45, 2.75) is 38.0 Å². The van der Waals surface area contributed by atoms with Crippen LogP contribution in [0, 0.1) is 0 Å². The maximum atomic E-state index is 12.8. The molecule has 2 aromatic heterocycles. The van der Waals surface area contributed by atoms with Crippen LogP contribution in [0.2, 0.25) is 0 Å². The second kappa shape index (κ2) is 6.97. The van der Waals surface area contributed by atoms with Crippen LogP contribution in [0.1, 0.15) is 25.2 Å². The number of aromatic nitrogens is 2. The number of carbonyl (C=O) groups is 1. The first-order chi connectivity index (χ1) is 12.2. The Balaban J connectivity index is 1.48. The average molecular weight is 346 g/mol. The van der Waals surface area contributed by atoms with Crippen molar-refractivity contribution in [3.63, 3.8) is 0 Å². The van der Waals surface area contributed by atoms with E-state index in [9.17, 15) is 4.79 Å². The highest BCUT2D eigenvalue weighted by Gasteiger charge is 2.40. The predicted octanol–water partition coefficient (Wildman–Crippen LogP) is 1.54. The highest BCUT2D eigenvalue weighted by Crippen LogP contribution is 2.26. The lowest BCUT2D eigenvalue weighted by atomic mass is 10.1. The number of rotatable bonds is 5. The molecular weight excluding hydrogens is 324 g/mol. The van der Waals surface area contributed by atoms with Gasteiger partial charge in [0.15, 0.2) is 5.76 Å². The van der Waals surface area contributed by atoms with E-state index in [1.165, 1.54) is 0 Å². The molecule has 2 aromatic rings. The largest absolute Gasteiger partial charge is 0.459 e. The van der Waals surface area contributed by atoms with Crippen molar-refractivity contribution < 1.29 is 18.4 Å². The molecule has 8 heteroatoms. The number of carbonyl (C=O) groups excluding carboxylic acids is 1. The van der Waals surface area contributed by atoms with Crippen LogP contribution in [-0.4, -0.2) is 64.8 Å². The Bertz CT molecular complexity index is 708. The summed E-state index contributed by atoms with van der Waals surface area (Å²) in [7, 11) is 1.69. The average Bonchev–Trinajstić information content (AvgIpc) is 3.39. The number of likely N-dealkylation sites (tertiary alicyclic amines) is 2. The summed E-state index contributed by atoms with van der Waals surface area (Å²) in [5, 5.41) is 8.12. The molecule has 0 N–H and O–H groups in total. The van der Waals surface area contributed by atoms with Gasteiger partial charge in [-0.3, -0.25) is 9.69 Å². The molecule has 134 valence electrons. The summed E-state index contributed by atoms with van der Waals surface area (Å²) in [4.78, 5) is 16.9. The van der Waals surface area contributed by atoms with E-state index in [1.807, 2.05) is 4.90 Å². The summed E-state index contributed by atoms with van der Waals surface area (Å²) in [5.74, 6) is 1.55. The molecule has 2 fully saturated rings. The molecule has 2 atom stereocenters. The highest BCUT2D eigenvalue weighted by molar-refractivity contribution is 5.82. The normalized spacial score (nSPS) is 24.3. The minimum absolute atomic E-state index is 0.0454. The van der Waals surface area contributed by atoms with Gasteiger partial charge >= 0.3 is 0 Å². The molecule has 0 radical (unpaired) electrons. The van der Waals surface area contributed by atoms with E-state index in [1.54, 1.807) is 25.5 Å². The van der Waals surface area contributed by atoms with Crippen molar-refractivity contribution in [1.29, 1.82) is 0 Å². The first kappa shape index (κ1) is 16.3. The molecule has 0 aromatic carbocycles. The first-order valence-electron chi connectivity index (χ1n) is 8.66. The van der Waals surface area contributed by atoms with Gasteiger partial charge in [-0.25, -0.2) is 0 Å². The van der Waals surface area contributed by atoms with Crippen LogP contribution in [0.3, 0.4) is 0 Å². The molecule has 0 unspecified atom stereocenters. The smallest absolute Gasteiger partial charge is 0.283 e. The Morgan fingerprint density at radius 3 is 2.92 bits per heavy atom. The summed E-state index contributed by atoms with van der Waals surface area (Å²) in [6.07, 6.45) is 4.48. The van der Waals surface area contributed by atoms with Crippen molar-refractivity contribution in [3.8, 4) is 11.7 Å². The number of amides is 1. The zero-order valence-electron chi connectivity index (χ0n) is 14.3. The zero-order valence-corrected chi connectivity index (χ0v) is 14.3. The summed E-state index contributed by atoms with van der Waals surface area (Å²) < 4.78 is 16.5. The summed E-state index contributed by atoms with van der Waals surface area (Å²) in [6.45, 7) is 2.81. The lowest BCUT2D eigenvalue weighted by Crippen LogP contribution is -2.44. The molecule has 0 aliphatic carbocycles. The third-order valence-corrected chi connectivity index (χ3v) is 4.94. The number of hydrogen-bond acceptors (Lipinski definition) is 7. The molecule has 8 nitrogen and oxygen atoms in total. The number of furan rings is 1. The van der Waals surface area contributed by atoms with Gasteiger partial charge in [0.25, 0.3) is 5.89 Å². The van der Waals surface area contributed by atoms with Gasteiger partial charge in [-0.1, -0.05) is 0 Å². The van der Waals surface area contributed by atoms with Gasteiger partial charge in [0, 0.05) is 26.7 Å². The molecular formula is C17H22N4O4. The Morgan fingerprint density at radius 2 is 2.20 bits per heavy atom. The third-order valence-electron chi connectivity index (χ3n) is 4.94. The van der Waals surface area contributed by atoms with Gasteiger partial charge in [-0.15, -0.1) is 10.2 Å². The number of ether oxygens (including phenoxy) is 1. The van der Waals surface area contributed by atoms with Crippen molar-refractivity contribution in [3.05, 3.63) is 24.3 Å². The fourth-order valence-corrected chi connectivity index (χ4v) is 3.60. The monoisotopic (exact) mass is 346 g/mol. The maximum absolute atomic E-state index is 12.8. The Kier molecular flexibility index (Phi) is 4.54. The van der Waals surface area contributed by atoms with Gasteiger partial charge in [-0.05, 0) is 31.4 Å². The number of methoxy groups -OCH3 is 1. The minimum atomic E-state index is -0.193. The van der Waals surface area contributed by atoms with Gasteiger partial charge in [0.2, 0.25) is 11.8 Å². The first-order valence-corrected chi connectivity index (χ1v) is 8.66. The summed E-state index contributed by atoms with van der Waals surface area (Å²) >= 11 is 0. The van der Waals surface area contributed by atoms with E-state index < -0.39 is 0 Å². The van der Waals surface area contributed by atoms with Gasteiger partial charge in [0.1, 0.15) is 0 Å². The van der Waals surface area contributed by atoms with E-state index >= 15 is 0 Å². The molecule has 2 aliphatic rings. The van der Waals surface area contributed by atoms with E-state index in [2.05, 4.69) is 15.1 Å². The Morgan fingerprint density at radius 1 is 1.36 bits per heavy atom. The Labute approximate surface area is 145 Å².